The van der Waals surface area contributed by atoms with E-state index in [1.807, 2.05) is 0 Å². The van der Waals surface area contributed by atoms with Gasteiger partial charge in [-0.3, -0.25) is 0 Å². The number of carbonyl (C=O) groups is 1. The van der Waals surface area contributed by atoms with E-state index in [0.29, 0.717) is 11.1 Å². The summed E-state index contributed by atoms with van der Waals surface area (Å²) in [7, 11) is 0. The fraction of sp³-hybridized carbons (Fsp3) is 0.188. The van der Waals surface area contributed by atoms with Crippen LogP contribution in [0.1, 0.15) is 22.8 Å². The van der Waals surface area contributed by atoms with E-state index in [0.717, 1.165) is 18.2 Å². The van der Waals surface area contributed by atoms with Crippen molar-refractivity contribution in [1.29, 1.82) is 0 Å². The highest BCUT2D eigenvalue weighted by Gasteiger charge is 2.30. The van der Waals surface area contributed by atoms with Crippen molar-refractivity contribution in [2.24, 2.45) is 0 Å². The summed E-state index contributed by atoms with van der Waals surface area (Å²) in [4.78, 5) is 11.6. The monoisotopic (exact) mass is 312 g/mol. The van der Waals surface area contributed by atoms with E-state index in [1.54, 1.807) is 6.92 Å². The van der Waals surface area contributed by atoms with Crippen molar-refractivity contribution in [2.45, 2.75) is 13.1 Å². The number of ether oxygens (including phenoxy) is 1. The molecule has 0 fully saturated rings. The van der Waals surface area contributed by atoms with Gasteiger partial charge in [-0.15, -0.1) is 0 Å². The van der Waals surface area contributed by atoms with E-state index in [1.165, 1.54) is 24.3 Å². The van der Waals surface area contributed by atoms with Gasteiger partial charge in [0.1, 0.15) is 5.82 Å². The number of rotatable bonds is 3. The molecule has 116 valence electrons. The number of halogens is 4. The highest BCUT2D eigenvalue weighted by atomic mass is 19.4. The molecule has 0 saturated heterocycles. The number of benzene rings is 2. The van der Waals surface area contributed by atoms with Crippen LogP contribution in [0.3, 0.4) is 0 Å². The zero-order chi connectivity index (χ0) is 16.3. The molecular formula is C16H12F4O2. The van der Waals surface area contributed by atoms with E-state index in [-0.39, 0.29) is 12.2 Å². The summed E-state index contributed by atoms with van der Waals surface area (Å²) >= 11 is 0. The molecule has 0 aliphatic carbocycles. The molecule has 2 nitrogen and oxygen atoms in total. The van der Waals surface area contributed by atoms with E-state index in [4.69, 9.17) is 4.74 Å². The number of hydrogen-bond acceptors (Lipinski definition) is 2. The molecular weight excluding hydrogens is 300 g/mol. The average molecular weight is 312 g/mol. The molecule has 0 aliphatic heterocycles. The lowest BCUT2D eigenvalue weighted by atomic mass is 10.0. The second kappa shape index (κ2) is 6.17. The normalized spacial score (nSPS) is 11.3. The average Bonchev–Trinajstić information content (AvgIpc) is 2.47. The van der Waals surface area contributed by atoms with Crippen LogP contribution in [0.2, 0.25) is 0 Å². The molecule has 0 unspecified atom stereocenters. The molecule has 22 heavy (non-hydrogen) atoms. The first-order valence-corrected chi connectivity index (χ1v) is 6.47. The summed E-state index contributed by atoms with van der Waals surface area (Å²) in [5.41, 5.74) is -0.153. The predicted octanol–water partition coefficient (Wildman–Crippen LogP) is 4.69. The van der Waals surface area contributed by atoms with Gasteiger partial charge in [0.05, 0.1) is 17.7 Å². The lowest BCUT2D eigenvalue weighted by molar-refractivity contribution is -0.137. The van der Waals surface area contributed by atoms with E-state index >= 15 is 0 Å². The summed E-state index contributed by atoms with van der Waals surface area (Å²) in [5.74, 6) is -1.55. The van der Waals surface area contributed by atoms with Crippen molar-refractivity contribution in [3.8, 4) is 11.1 Å². The maximum atomic E-state index is 13.6. The third-order valence-corrected chi connectivity index (χ3v) is 3.01. The Bertz CT molecular complexity index is 676. The molecule has 2 aromatic rings. The van der Waals surface area contributed by atoms with Crippen LogP contribution in [-0.4, -0.2) is 12.6 Å². The van der Waals surface area contributed by atoms with Crippen molar-refractivity contribution in [1.82, 2.24) is 0 Å². The molecule has 6 heteroatoms. The van der Waals surface area contributed by atoms with Gasteiger partial charge in [0, 0.05) is 0 Å². The summed E-state index contributed by atoms with van der Waals surface area (Å²) < 4.78 is 55.9. The Kier molecular flexibility index (Phi) is 4.49. The lowest BCUT2D eigenvalue weighted by Crippen LogP contribution is -2.07. The van der Waals surface area contributed by atoms with E-state index in [2.05, 4.69) is 0 Å². The summed E-state index contributed by atoms with van der Waals surface area (Å²) in [5, 5.41) is 0. The van der Waals surface area contributed by atoms with Crippen LogP contribution in [0.25, 0.3) is 11.1 Å². The van der Waals surface area contributed by atoms with Gasteiger partial charge in [-0.1, -0.05) is 18.2 Å². The molecule has 0 N–H and O–H groups in total. The molecule has 0 atom stereocenters. The third kappa shape index (κ3) is 3.44. The van der Waals surface area contributed by atoms with Crippen LogP contribution >= 0.6 is 0 Å². The van der Waals surface area contributed by atoms with Crippen molar-refractivity contribution in [3.05, 3.63) is 59.4 Å². The Morgan fingerprint density at radius 3 is 2.18 bits per heavy atom. The van der Waals surface area contributed by atoms with Gasteiger partial charge in [-0.2, -0.15) is 13.2 Å². The molecule has 0 aliphatic rings. The molecule has 2 aromatic carbocycles. The smallest absolute Gasteiger partial charge is 0.416 e. The van der Waals surface area contributed by atoms with Gasteiger partial charge in [0.2, 0.25) is 0 Å². The fourth-order valence-corrected chi connectivity index (χ4v) is 1.92. The van der Waals surface area contributed by atoms with Crippen molar-refractivity contribution in [2.75, 3.05) is 6.61 Å². The zero-order valence-corrected chi connectivity index (χ0v) is 11.6. The van der Waals surface area contributed by atoms with Crippen molar-refractivity contribution in [3.63, 3.8) is 0 Å². The second-order valence-corrected chi connectivity index (χ2v) is 4.49. The highest BCUT2D eigenvalue weighted by molar-refractivity contribution is 5.91. The van der Waals surface area contributed by atoms with Crippen LogP contribution in [0.15, 0.2) is 42.5 Å². The standard InChI is InChI=1S/C16H12F4O2/c1-2-22-15(21)13-9-11(5-8-14(13)17)10-3-6-12(7-4-10)16(18,19)20/h3-9H,2H2,1H3. The second-order valence-electron chi connectivity index (χ2n) is 4.49. The van der Waals surface area contributed by atoms with Crippen LogP contribution < -0.4 is 0 Å². The minimum absolute atomic E-state index is 0.1000. The third-order valence-electron chi connectivity index (χ3n) is 3.01. The first-order valence-electron chi connectivity index (χ1n) is 6.47. The number of hydrogen-bond donors (Lipinski definition) is 0. The topological polar surface area (TPSA) is 26.3 Å². The summed E-state index contributed by atoms with van der Waals surface area (Å²) in [6, 6.07) is 8.14. The number of alkyl halides is 3. The molecule has 0 radical (unpaired) electrons. The molecule has 0 aromatic heterocycles. The number of esters is 1. The van der Waals surface area contributed by atoms with Gasteiger partial charge in [0.15, 0.2) is 0 Å². The van der Waals surface area contributed by atoms with Gasteiger partial charge < -0.3 is 4.74 Å². The van der Waals surface area contributed by atoms with Crippen LogP contribution in [0, 0.1) is 5.82 Å². The molecule has 0 bridgehead atoms. The Hall–Kier alpha value is -2.37. The number of carbonyl (C=O) groups excluding carboxylic acids is 1. The minimum Gasteiger partial charge on any atom is -0.462 e. The van der Waals surface area contributed by atoms with Gasteiger partial charge in [-0.05, 0) is 42.3 Å². The molecule has 2 rings (SSSR count). The Balaban J connectivity index is 2.37. The van der Waals surface area contributed by atoms with Crippen LogP contribution in [0.5, 0.6) is 0 Å². The summed E-state index contributed by atoms with van der Waals surface area (Å²) in [6.45, 7) is 1.69. The van der Waals surface area contributed by atoms with E-state index < -0.39 is 23.5 Å². The predicted molar refractivity (Wildman–Crippen MR) is 72.8 cm³/mol. The van der Waals surface area contributed by atoms with Crippen LogP contribution in [0.4, 0.5) is 17.6 Å². The van der Waals surface area contributed by atoms with Crippen LogP contribution in [-0.2, 0) is 10.9 Å². The largest absolute Gasteiger partial charge is 0.462 e. The van der Waals surface area contributed by atoms with Gasteiger partial charge in [-0.25, -0.2) is 9.18 Å². The molecule has 0 spiro atoms. The Morgan fingerprint density at radius 2 is 1.64 bits per heavy atom. The first-order chi connectivity index (χ1) is 10.3. The maximum Gasteiger partial charge on any atom is 0.416 e. The van der Waals surface area contributed by atoms with Gasteiger partial charge in [0.25, 0.3) is 0 Å². The van der Waals surface area contributed by atoms with Crippen molar-refractivity contribution >= 4 is 5.97 Å². The SMILES string of the molecule is CCOC(=O)c1cc(-c2ccc(C(F)(F)F)cc2)ccc1F. The maximum absolute atomic E-state index is 13.6. The zero-order valence-electron chi connectivity index (χ0n) is 11.6. The fourth-order valence-electron chi connectivity index (χ4n) is 1.92. The molecule has 0 heterocycles. The summed E-state index contributed by atoms with van der Waals surface area (Å²) in [6.07, 6.45) is -4.42. The Morgan fingerprint density at radius 1 is 1.05 bits per heavy atom. The van der Waals surface area contributed by atoms with E-state index in [9.17, 15) is 22.4 Å². The quantitative estimate of drug-likeness (QED) is 0.607. The van der Waals surface area contributed by atoms with Gasteiger partial charge >= 0.3 is 12.1 Å². The Labute approximate surface area is 124 Å². The minimum atomic E-state index is -4.42. The van der Waals surface area contributed by atoms with Crippen molar-refractivity contribution < 1.29 is 27.1 Å². The molecule has 0 amide bonds. The molecule has 0 saturated carbocycles. The lowest BCUT2D eigenvalue weighted by Gasteiger charge is -2.09. The highest BCUT2D eigenvalue weighted by Crippen LogP contribution is 2.31. The first kappa shape index (κ1) is 16.0.